The third-order valence-electron chi connectivity index (χ3n) is 1.66. The van der Waals surface area contributed by atoms with Crippen LogP contribution in [0.4, 0.5) is 0 Å². The molecule has 2 nitrogen and oxygen atoms in total. The molecule has 0 aromatic carbocycles. The van der Waals surface area contributed by atoms with Gasteiger partial charge in [-0.2, -0.15) is 0 Å². The van der Waals surface area contributed by atoms with E-state index in [2.05, 4.69) is 11.3 Å². The van der Waals surface area contributed by atoms with Crippen LogP contribution in [0, 0.1) is 0 Å². The first-order valence-corrected chi connectivity index (χ1v) is 5.98. The molecule has 0 amide bonds. The molecule has 14 heavy (non-hydrogen) atoms. The van der Waals surface area contributed by atoms with Crippen LogP contribution in [0.1, 0.15) is 34.1 Å². The van der Waals surface area contributed by atoms with Crippen LogP contribution in [0.3, 0.4) is 0 Å². The molecule has 0 saturated carbocycles. The summed E-state index contributed by atoms with van der Waals surface area (Å²) in [5, 5.41) is 0. The van der Waals surface area contributed by atoms with E-state index in [1.807, 2.05) is 45.9 Å². The van der Waals surface area contributed by atoms with Crippen LogP contribution in [-0.4, -0.2) is 15.0 Å². The van der Waals surface area contributed by atoms with Crippen molar-refractivity contribution < 1.29 is 4.21 Å². The Bertz CT molecular complexity index is 228. The molecule has 0 aromatic rings. The van der Waals surface area contributed by atoms with Gasteiger partial charge in [-0.25, -0.2) is 8.93 Å². The first-order valence-electron chi connectivity index (χ1n) is 4.83. The summed E-state index contributed by atoms with van der Waals surface area (Å²) in [5.74, 6) is 0. The van der Waals surface area contributed by atoms with Crippen molar-refractivity contribution in [2.45, 2.75) is 44.9 Å². The molecule has 82 valence electrons. The molecule has 0 fully saturated rings. The van der Waals surface area contributed by atoms with Crippen molar-refractivity contribution in [1.29, 1.82) is 0 Å². The molecule has 0 rings (SSSR count). The first kappa shape index (κ1) is 13.6. The molecule has 0 bridgehead atoms. The van der Waals surface area contributed by atoms with Gasteiger partial charge in [0.25, 0.3) is 0 Å². The summed E-state index contributed by atoms with van der Waals surface area (Å²) in [4.78, 5) is 0. The van der Waals surface area contributed by atoms with Crippen LogP contribution in [0.2, 0.25) is 0 Å². The summed E-state index contributed by atoms with van der Waals surface area (Å²) in [7, 11) is -1.02. The summed E-state index contributed by atoms with van der Waals surface area (Å²) in [5.41, 5.74) is 0. The van der Waals surface area contributed by atoms with Crippen LogP contribution in [0.25, 0.3) is 0 Å². The minimum atomic E-state index is -1.02. The lowest BCUT2D eigenvalue weighted by Gasteiger charge is -2.21. The van der Waals surface area contributed by atoms with E-state index in [1.54, 1.807) is 0 Å². The Hall–Kier alpha value is -0.410. The van der Waals surface area contributed by atoms with Crippen LogP contribution in [-0.2, 0) is 11.0 Å². The molecule has 0 aliphatic heterocycles. The Balaban J connectivity index is 4.30. The highest BCUT2D eigenvalue weighted by molar-refractivity contribution is 7.84. The van der Waals surface area contributed by atoms with Crippen molar-refractivity contribution in [3.05, 3.63) is 24.8 Å². The fourth-order valence-electron chi connectivity index (χ4n) is 0.892. The Kier molecular flexibility index (Phi) is 5.96. The van der Waals surface area contributed by atoms with E-state index in [4.69, 9.17) is 0 Å². The Morgan fingerprint density at radius 1 is 1.50 bits per heavy atom. The van der Waals surface area contributed by atoms with Gasteiger partial charge in [-0.3, -0.25) is 0 Å². The minimum Gasteiger partial charge on any atom is -0.242 e. The van der Waals surface area contributed by atoms with Gasteiger partial charge in [0.1, 0.15) is 0 Å². The zero-order valence-corrected chi connectivity index (χ0v) is 10.4. The maximum atomic E-state index is 11.8. The van der Waals surface area contributed by atoms with Gasteiger partial charge in [0.2, 0.25) is 0 Å². The van der Waals surface area contributed by atoms with Gasteiger partial charge in [-0.15, -0.1) is 6.58 Å². The molecule has 0 saturated heterocycles. The Labute approximate surface area is 90.1 Å². The standard InChI is InChI=1S/C11H21NOS/c1-6-8-10(9-7-2)12-14(13)11(3,4)5/h6-7,9-10,12H,1,8H2,2-5H3/b9-7+/t10-,14+/m1/s1. The smallest absolute Gasteiger partial charge is 0.0975 e. The number of allylic oxidation sites excluding steroid dienone is 1. The second-order valence-electron chi connectivity index (χ2n) is 4.16. The number of hydrogen-bond donors (Lipinski definition) is 1. The van der Waals surface area contributed by atoms with E-state index in [9.17, 15) is 4.21 Å². The molecule has 2 atom stereocenters. The highest BCUT2D eigenvalue weighted by atomic mass is 32.2. The molecule has 0 heterocycles. The lowest BCUT2D eigenvalue weighted by atomic mass is 10.2. The molecule has 3 heteroatoms. The van der Waals surface area contributed by atoms with E-state index in [-0.39, 0.29) is 10.8 Å². The second kappa shape index (κ2) is 6.14. The maximum Gasteiger partial charge on any atom is 0.0975 e. The first-order chi connectivity index (χ1) is 6.41. The summed E-state index contributed by atoms with van der Waals surface area (Å²) in [6.07, 6.45) is 6.59. The van der Waals surface area contributed by atoms with E-state index in [0.717, 1.165) is 6.42 Å². The van der Waals surface area contributed by atoms with Crippen molar-refractivity contribution in [2.24, 2.45) is 0 Å². The van der Waals surface area contributed by atoms with Gasteiger partial charge in [-0.05, 0) is 34.1 Å². The predicted molar refractivity (Wildman–Crippen MR) is 64.4 cm³/mol. The number of rotatable bonds is 5. The Morgan fingerprint density at radius 2 is 2.07 bits per heavy atom. The highest BCUT2D eigenvalue weighted by Crippen LogP contribution is 2.10. The molecule has 0 spiro atoms. The van der Waals surface area contributed by atoms with E-state index in [0.29, 0.717) is 0 Å². The average molecular weight is 215 g/mol. The number of nitrogens with one attached hydrogen (secondary N) is 1. The fraction of sp³-hybridized carbons (Fsp3) is 0.636. The molecular formula is C11H21NOS. The van der Waals surface area contributed by atoms with Crippen molar-refractivity contribution in [3.63, 3.8) is 0 Å². The van der Waals surface area contributed by atoms with E-state index < -0.39 is 11.0 Å². The molecule has 1 N–H and O–H groups in total. The third kappa shape index (κ3) is 5.35. The van der Waals surface area contributed by atoms with Gasteiger partial charge in [0, 0.05) is 6.04 Å². The molecule has 0 aliphatic carbocycles. The molecular weight excluding hydrogens is 194 g/mol. The van der Waals surface area contributed by atoms with Crippen molar-refractivity contribution in [2.75, 3.05) is 0 Å². The van der Waals surface area contributed by atoms with Gasteiger partial charge in [-0.1, -0.05) is 18.2 Å². The van der Waals surface area contributed by atoms with E-state index >= 15 is 0 Å². The van der Waals surface area contributed by atoms with Gasteiger partial charge in [0.05, 0.1) is 15.7 Å². The zero-order valence-electron chi connectivity index (χ0n) is 9.54. The van der Waals surface area contributed by atoms with Gasteiger partial charge < -0.3 is 0 Å². The lowest BCUT2D eigenvalue weighted by molar-refractivity contribution is 0.622. The summed E-state index contributed by atoms with van der Waals surface area (Å²) < 4.78 is 14.6. The van der Waals surface area contributed by atoms with Crippen molar-refractivity contribution in [3.8, 4) is 0 Å². The fourth-order valence-corrected chi connectivity index (χ4v) is 1.70. The maximum absolute atomic E-state index is 11.8. The van der Waals surface area contributed by atoms with Gasteiger partial charge in [0.15, 0.2) is 0 Å². The quantitative estimate of drug-likeness (QED) is 0.702. The van der Waals surface area contributed by atoms with Crippen molar-refractivity contribution in [1.82, 2.24) is 4.72 Å². The monoisotopic (exact) mass is 215 g/mol. The topological polar surface area (TPSA) is 29.1 Å². The zero-order chi connectivity index (χ0) is 11.2. The van der Waals surface area contributed by atoms with Crippen molar-refractivity contribution >= 4 is 11.0 Å². The molecule has 0 radical (unpaired) electrons. The third-order valence-corrected chi connectivity index (χ3v) is 3.29. The van der Waals surface area contributed by atoms with Crippen LogP contribution in [0.15, 0.2) is 24.8 Å². The van der Waals surface area contributed by atoms with Crippen LogP contribution in [0.5, 0.6) is 0 Å². The average Bonchev–Trinajstić information content (AvgIpc) is 2.03. The van der Waals surface area contributed by atoms with E-state index in [1.165, 1.54) is 0 Å². The summed E-state index contributed by atoms with van der Waals surface area (Å²) >= 11 is 0. The largest absolute Gasteiger partial charge is 0.242 e. The number of hydrogen-bond acceptors (Lipinski definition) is 1. The second-order valence-corrected chi connectivity index (χ2v) is 6.15. The highest BCUT2D eigenvalue weighted by Gasteiger charge is 2.21. The molecule has 0 aromatic heterocycles. The predicted octanol–water partition coefficient (Wildman–Crippen LogP) is 2.56. The summed E-state index contributed by atoms with van der Waals surface area (Å²) in [6.45, 7) is 11.5. The van der Waals surface area contributed by atoms with Gasteiger partial charge >= 0.3 is 0 Å². The summed E-state index contributed by atoms with van der Waals surface area (Å²) in [6, 6.07) is 0.123. The van der Waals surface area contributed by atoms with Crippen LogP contribution < -0.4 is 4.72 Å². The SMILES string of the molecule is C=CC[C@H](/C=C/C)N[S@@](=O)C(C)(C)C. The lowest BCUT2D eigenvalue weighted by Crippen LogP contribution is -2.38. The normalized spacial score (nSPS) is 16.9. The molecule has 0 unspecified atom stereocenters. The molecule has 0 aliphatic rings. The van der Waals surface area contributed by atoms with Crippen LogP contribution >= 0.6 is 0 Å². The minimum absolute atomic E-state index is 0.123. The Morgan fingerprint density at radius 3 is 2.43 bits per heavy atom.